The fraction of sp³-hybridized carbons (Fsp3) is 0.389. The summed E-state index contributed by atoms with van der Waals surface area (Å²) in [6.07, 6.45) is 4.35. The van der Waals surface area contributed by atoms with E-state index in [1.165, 1.54) is 12.5 Å². The topological polar surface area (TPSA) is 66.8 Å². The van der Waals surface area contributed by atoms with Gasteiger partial charge in [0.25, 0.3) is 0 Å². The first-order valence-corrected chi connectivity index (χ1v) is 7.67. The van der Waals surface area contributed by atoms with Gasteiger partial charge in [-0.25, -0.2) is 4.79 Å². The van der Waals surface area contributed by atoms with Gasteiger partial charge in [-0.3, -0.25) is 0 Å². The van der Waals surface area contributed by atoms with Crippen LogP contribution in [-0.2, 0) is 0 Å². The molecule has 2 rings (SSSR count). The van der Waals surface area contributed by atoms with Crippen LogP contribution in [0.4, 0.5) is 0 Å². The second-order valence-electron chi connectivity index (χ2n) is 5.48. The molecule has 0 saturated heterocycles. The second-order valence-corrected chi connectivity index (χ2v) is 5.48. The lowest BCUT2D eigenvalue weighted by molar-refractivity contribution is 0.0693. The number of carbonyl (C=O) groups is 1. The zero-order valence-corrected chi connectivity index (χ0v) is 13.1. The number of ether oxygens (including phenoxy) is 1. The van der Waals surface area contributed by atoms with Gasteiger partial charge in [-0.15, -0.1) is 0 Å². The van der Waals surface area contributed by atoms with E-state index in [0.29, 0.717) is 17.7 Å². The van der Waals surface area contributed by atoms with Gasteiger partial charge in [0.15, 0.2) is 0 Å². The summed E-state index contributed by atoms with van der Waals surface area (Å²) in [5.41, 5.74) is 0.829. The highest BCUT2D eigenvalue weighted by atomic mass is 16.5. The van der Waals surface area contributed by atoms with Crippen molar-refractivity contribution in [2.24, 2.45) is 0 Å². The zero-order chi connectivity index (χ0) is 16.1. The zero-order valence-electron chi connectivity index (χ0n) is 13.1. The summed E-state index contributed by atoms with van der Waals surface area (Å²) >= 11 is 0. The van der Waals surface area contributed by atoms with Gasteiger partial charge < -0.3 is 14.9 Å². The van der Waals surface area contributed by atoms with Crippen molar-refractivity contribution < 1.29 is 19.7 Å². The first-order chi connectivity index (χ1) is 10.6. The average molecular weight is 302 g/mol. The molecule has 0 saturated carbocycles. The number of unbranched alkanes of at least 4 members (excludes halogenated alkanes) is 3. The van der Waals surface area contributed by atoms with E-state index in [1.807, 2.05) is 13.0 Å². The molecule has 0 spiro atoms. The maximum Gasteiger partial charge on any atom is 0.339 e. The average Bonchev–Trinajstić information content (AvgIpc) is 2.49. The van der Waals surface area contributed by atoms with Crippen molar-refractivity contribution in [2.45, 2.75) is 39.5 Å². The highest BCUT2D eigenvalue weighted by Crippen LogP contribution is 2.38. The molecular formula is C18H22O4. The minimum Gasteiger partial charge on any atom is -0.506 e. The summed E-state index contributed by atoms with van der Waals surface area (Å²) in [6, 6.07) is 6.86. The molecule has 0 amide bonds. The predicted molar refractivity (Wildman–Crippen MR) is 86.9 cm³/mol. The molecule has 0 heterocycles. The van der Waals surface area contributed by atoms with Crippen LogP contribution in [-0.4, -0.2) is 22.8 Å². The highest BCUT2D eigenvalue weighted by molar-refractivity contribution is 6.04. The maximum atomic E-state index is 11.3. The lowest BCUT2D eigenvalue weighted by atomic mass is 10.0. The van der Waals surface area contributed by atoms with Crippen molar-refractivity contribution >= 4 is 16.7 Å². The Morgan fingerprint density at radius 3 is 2.68 bits per heavy atom. The summed E-state index contributed by atoms with van der Waals surface area (Å²) in [6.45, 7) is 4.62. The molecule has 0 radical (unpaired) electrons. The number of aryl methyl sites for hydroxylation is 1. The largest absolute Gasteiger partial charge is 0.506 e. The Labute approximate surface area is 130 Å². The molecule has 118 valence electrons. The second kappa shape index (κ2) is 7.16. The van der Waals surface area contributed by atoms with Crippen LogP contribution in [0.2, 0.25) is 0 Å². The number of hydrogen-bond acceptors (Lipinski definition) is 3. The van der Waals surface area contributed by atoms with Gasteiger partial charge in [-0.05, 0) is 25.0 Å². The van der Waals surface area contributed by atoms with Gasteiger partial charge in [-0.1, -0.05) is 44.4 Å². The summed E-state index contributed by atoms with van der Waals surface area (Å²) in [7, 11) is 0. The fourth-order valence-corrected chi connectivity index (χ4v) is 2.60. The van der Waals surface area contributed by atoms with Gasteiger partial charge in [-0.2, -0.15) is 0 Å². The molecule has 2 N–H and O–H groups in total. The lowest BCUT2D eigenvalue weighted by Gasteiger charge is -2.14. The van der Waals surface area contributed by atoms with Crippen molar-refractivity contribution in [1.29, 1.82) is 0 Å². The third kappa shape index (κ3) is 3.32. The molecule has 0 bridgehead atoms. The van der Waals surface area contributed by atoms with Crippen molar-refractivity contribution in [3.8, 4) is 11.5 Å². The maximum absolute atomic E-state index is 11.3. The molecule has 0 atom stereocenters. The van der Waals surface area contributed by atoms with Crippen LogP contribution in [0.1, 0.15) is 48.5 Å². The van der Waals surface area contributed by atoms with Crippen LogP contribution >= 0.6 is 0 Å². The molecule has 0 aliphatic heterocycles. The lowest BCUT2D eigenvalue weighted by Crippen LogP contribution is -2.03. The van der Waals surface area contributed by atoms with E-state index < -0.39 is 5.97 Å². The molecule has 0 aliphatic carbocycles. The smallest absolute Gasteiger partial charge is 0.339 e. The SMILES string of the molecule is CCCCCCOc1cc(C(=O)O)c(O)c2cccc(C)c12. The molecule has 0 unspecified atom stereocenters. The number of benzene rings is 2. The summed E-state index contributed by atoms with van der Waals surface area (Å²) < 4.78 is 5.82. The van der Waals surface area contributed by atoms with E-state index in [9.17, 15) is 15.0 Å². The number of aromatic hydroxyl groups is 1. The van der Waals surface area contributed by atoms with E-state index >= 15 is 0 Å². The Bertz CT molecular complexity index is 676. The van der Waals surface area contributed by atoms with Crippen LogP contribution in [0.3, 0.4) is 0 Å². The Hall–Kier alpha value is -2.23. The molecular weight excluding hydrogens is 280 g/mol. The number of rotatable bonds is 7. The van der Waals surface area contributed by atoms with Gasteiger partial charge in [0, 0.05) is 10.8 Å². The van der Waals surface area contributed by atoms with Crippen LogP contribution in [0.25, 0.3) is 10.8 Å². The molecule has 2 aromatic rings. The van der Waals surface area contributed by atoms with Crippen LogP contribution in [0, 0.1) is 6.92 Å². The molecule has 4 heteroatoms. The van der Waals surface area contributed by atoms with E-state index in [1.54, 1.807) is 12.1 Å². The standard InChI is InChI=1S/C18H22O4/c1-3-4-5-6-10-22-15-11-14(18(20)21)17(19)13-9-7-8-12(2)16(13)15/h7-9,11,19H,3-6,10H2,1-2H3,(H,20,21). The molecule has 2 aromatic carbocycles. The van der Waals surface area contributed by atoms with Crippen molar-refractivity contribution in [3.05, 3.63) is 35.4 Å². The first-order valence-electron chi connectivity index (χ1n) is 7.67. The van der Waals surface area contributed by atoms with E-state index in [4.69, 9.17) is 4.74 Å². The van der Waals surface area contributed by atoms with Crippen molar-refractivity contribution in [2.75, 3.05) is 6.61 Å². The van der Waals surface area contributed by atoms with Crippen molar-refractivity contribution in [1.82, 2.24) is 0 Å². The number of fused-ring (bicyclic) bond motifs is 1. The van der Waals surface area contributed by atoms with Gasteiger partial charge in [0.05, 0.1) is 6.61 Å². The molecule has 0 aromatic heterocycles. The molecule has 22 heavy (non-hydrogen) atoms. The van der Waals surface area contributed by atoms with Gasteiger partial charge in [0.2, 0.25) is 0 Å². The summed E-state index contributed by atoms with van der Waals surface area (Å²) in [4.78, 5) is 11.3. The van der Waals surface area contributed by atoms with Gasteiger partial charge in [0.1, 0.15) is 17.1 Å². The highest BCUT2D eigenvalue weighted by Gasteiger charge is 2.18. The molecule has 0 fully saturated rings. The summed E-state index contributed by atoms with van der Waals surface area (Å²) in [5, 5.41) is 20.7. The molecule has 4 nitrogen and oxygen atoms in total. The van der Waals surface area contributed by atoms with Crippen LogP contribution in [0.15, 0.2) is 24.3 Å². The van der Waals surface area contributed by atoms with E-state index in [0.717, 1.165) is 30.2 Å². The fourth-order valence-electron chi connectivity index (χ4n) is 2.60. The van der Waals surface area contributed by atoms with E-state index in [-0.39, 0.29) is 11.3 Å². The minimum atomic E-state index is -1.16. The Kier molecular flexibility index (Phi) is 5.26. The van der Waals surface area contributed by atoms with Crippen LogP contribution in [0.5, 0.6) is 11.5 Å². The monoisotopic (exact) mass is 302 g/mol. The summed E-state index contributed by atoms with van der Waals surface area (Å²) in [5.74, 6) is -0.832. The van der Waals surface area contributed by atoms with E-state index in [2.05, 4.69) is 6.92 Å². The normalized spacial score (nSPS) is 10.8. The minimum absolute atomic E-state index is 0.123. The number of carboxylic acids is 1. The number of carboxylic acid groups (broad SMARTS) is 1. The predicted octanol–water partition coefficient (Wildman–Crippen LogP) is 4.51. The number of hydrogen-bond donors (Lipinski definition) is 2. The number of aromatic carboxylic acids is 1. The van der Waals surface area contributed by atoms with Gasteiger partial charge >= 0.3 is 5.97 Å². The quantitative estimate of drug-likeness (QED) is 0.738. The Morgan fingerprint density at radius 2 is 2.00 bits per heavy atom. The number of phenols is 1. The Morgan fingerprint density at radius 1 is 1.23 bits per heavy atom. The van der Waals surface area contributed by atoms with Crippen molar-refractivity contribution in [3.63, 3.8) is 0 Å². The first kappa shape index (κ1) is 16.1. The third-order valence-electron chi connectivity index (χ3n) is 3.79. The molecule has 0 aliphatic rings. The third-order valence-corrected chi connectivity index (χ3v) is 3.79. The Balaban J connectivity index is 2.38. The van der Waals surface area contributed by atoms with Crippen LogP contribution < -0.4 is 4.74 Å².